The molecule has 2 aromatic heterocycles. The Morgan fingerprint density at radius 3 is 2.79 bits per heavy atom. The van der Waals surface area contributed by atoms with Crippen LogP contribution in [-0.4, -0.2) is 29.7 Å². The van der Waals surface area contributed by atoms with Crippen LogP contribution in [0.4, 0.5) is 5.69 Å². The molecule has 7 heteroatoms. The van der Waals surface area contributed by atoms with Crippen LogP contribution in [0.15, 0.2) is 66.0 Å². The normalized spacial score (nSPS) is 16.0. The molecule has 3 heterocycles. The number of thiophene rings is 1. The minimum atomic E-state index is -0.122. The molecule has 0 aliphatic carbocycles. The highest BCUT2D eigenvalue weighted by atomic mass is 32.1. The largest absolute Gasteiger partial charge is 0.489 e. The second kappa shape index (κ2) is 9.68. The van der Waals surface area contributed by atoms with Crippen molar-refractivity contribution in [3.63, 3.8) is 0 Å². The number of nitrogens with one attached hydrogen (secondary N) is 2. The number of rotatable bonds is 7. The molecular weight excluding hydrogens is 434 g/mol. The van der Waals surface area contributed by atoms with Crippen molar-refractivity contribution in [2.24, 2.45) is 7.05 Å². The maximum absolute atomic E-state index is 12.8. The van der Waals surface area contributed by atoms with Gasteiger partial charge in [-0.05, 0) is 78.9 Å². The van der Waals surface area contributed by atoms with Crippen LogP contribution in [-0.2, 0) is 13.7 Å². The Morgan fingerprint density at radius 2 is 2.00 bits per heavy atom. The van der Waals surface area contributed by atoms with Crippen LogP contribution in [0.25, 0.3) is 10.2 Å². The van der Waals surface area contributed by atoms with Crippen LogP contribution in [0.1, 0.15) is 28.9 Å². The number of aromatic nitrogens is 1. The SMILES string of the molecule is Cn1c(C(=O)Nc2cccc(COc3ccc(OC4CCCNC4)cc3)c2)cc2sccc21. The number of carbonyl (C=O) groups is 1. The van der Waals surface area contributed by atoms with Crippen molar-refractivity contribution < 1.29 is 14.3 Å². The molecule has 2 aromatic carbocycles. The summed E-state index contributed by atoms with van der Waals surface area (Å²) in [6.45, 7) is 2.38. The summed E-state index contributed by atoms with van der Waals surface area (Å²) in [5, 5.41) is 8.40. The van der Waals surface area contributed by atoms with E-state index in [1.807, 2.05) is 77.7 Å². The Balaban J connectivity index is 1.17. The van der Waals surface area contributed by atoms with Gasteiger partial charge in [-0.1, -0.05) is 12.1 Å². The van der Waals surface area contributed by atoms with Crippen LogP contribution in [0.2, 0.25) is 0 Å². The van der Waals surface area contributed by atoms with Crippen LogP contribution in [0.5, 0.6) is 11.5 Å². The zero-order valence-electron chi connectivity index (χ0n) is 18.5. The summed E-state index contributed by atoms with van der Waals surface area (Å²) < 4.78 is 15.0. The number of aryl methyl sites for hydroxylation is 1. The quantitative estimate of drug-likeness (QED) is 0.397. The third-order valence-corrected chi connectivity index (χ3v) is 6.72. The van der Waals surface area contributed by atoms with Crippen molar-refractivity contribution in [2.75, 3.05) is 18.4 Å². The predicted molar refractivity (Wildman–Crippen MR) is 132 cm³/mol. The highest BCUT2D eigenvalue weighted by Crippen LogP contribution is 2.25. The average molecular weight is 462 g/mol. The van der Waals surface area contributed by atoms with Gasteiger partial charge in [0.15, 0.2) is 0 Å². The Labute approximate surface area is 197 Å². The number of amides is 1. The lowest BCUT2D eigenvalue weighted by atomic mass is 10.1. The van der Waals surface area contributed by atoms with Crippen molar-refractivity contribution in [1.29, 1.82) is 0 Å². The van der Waals surface area contributed by atoms with Crippen molar-refractivity contribution in [1.82, 2.24) is 9.88 Å². The van der Waals surface area contributed by atoms with Gasteiger partial charge in [0.05, 0.1) is 10.2 Å². The van der Waals surface area contributed by atoms with E-state index in [1.54, 1.807) is 11.3 Å². The lowest BCUT2D eigenvalue weighted by Crippen LogP contribution is -2.37. The molecule has 6 nitrogen and oxygen atoms in total. The molecule has 170 valence electrons. The maximum atomic E-state index is 12.8. The first-order chi connectivity index (χ1) is 16.2. The molecule has 33 heavy (non-hydrogen) atoms. The zero-order chi connectivity index (χ0) is 22.6. The summed E-state index contributed by atoms with van der Waals surface area (Å²) >= 11 is 1.63. The van der Waals surface area contributed by atoms with Crippen molar-refractivity contribution in [3.05, 3.63) is 77.3 Å². The number of nitrogens with zero attached hydrogens (tertiary/aromatic N) is 1. The van der Waals surface area contributed by atoms with E-state index in [1.165, 1.54) is 0 Å². The smallest absolute Gasteiger partial charge is 0.272 e. The number of carbonyl (C=O) groups excluding carboxylic acids is 1. The Morgan fingerprint density at radius 1 is 1.15 bits per heavy atom. The Hall–Kier alpha value is -3.29. The predicted octanol–water partition coefficient (Wildman–Crippen LogP) is 5.20. The number of anilines is 1. The van der Waals surface area contributed by atoms with Crippen LogP contribution < -0.4 is 20.1 Å². The van der Waals surface area contributed by atoms with E-state index in [-0.39, 0.29) is 12.0 Å². The van der Waals surface area contributed by atoms with Gasteiger partial charge in [-0.25, -0.2) is 0 Å². The van der Waals surface area contributed by atoms with E-state index in [9.17, 15) is 4.79 Å². The van der Waals surface area contributed by atoms with Gasteiger partial charge in [0.1, 0.15) is 29.9 Å². The minimum Gasteiger partial charge on any atom is -0.489 e. The molecule has 1 aliphatic heterocycles. The average Bonchev–Trinajstić information content (AvgIpc) is 3.42. The Kier molecular flexibility index (Phi) is 6.32. The van der Waals surface area contributed by atoms with E-state index in [2.05, 4.69) is 10.6 Å². The molecule has 1 aliphatic rings. The number of hydrogen-bond acceptors (Lipinski definition) is 5. The molecule has 1 amide bonds. The summed E-state index contributed by atoms with van der Waals surface area (Å²) in [5.74, 6) is 1.52. The van der Waals surface area contributed by atoms with Crippen LogP contribution >= 0.6 is 11.3 Å². The number of piperidine rings is 1. The molecule has 1 atom stereocenters. The number of fused-ring (bicyclic) bond motifs is 1. The van der Waals surface area contributed by atoms with Gasteiger partial charge in [0.25, 0.3) is 5.91 Å². The first kappa shape index (κ1) is 21.6. The Bertz CT molecular complexity index is 1240. The molecule has 2 N–H and O–H groups in total. The summed E-state index contributed by atoms with van der Waals surface area (Å²) in [5.41, 5.74) is 3.44. The number of benzene rings is 2. The summed E-state index contributed by atoms with van der Waals surface area (Å²) in [6.07, 6.45) is 2.46. The van der Waals surface area contributed by atoms with Crippen molar-refractivity contribution in [2.45, 2.75) is 25.6 Å². The third-order valence-electron chi connectivity index (χ3n) is 5.87. The fraction of sp³-hybridized carbons (Fsp3) is 0.269. The molecule has 4 aromatic rings. The molecule has 1 unspecified atom stereocenters. The number of hydrogen-bond donors (Lipinski definition) is 2. The van der Waals surface area contributed by atoms with E-state index in [4.69, 9.17) is 9.47 Å². The van der Waals surface area contributed by atoms with Gasteiger partial charge in [0.2, 0.25) is 0 Å². The van der Waals surface area contributed by atoms with Crippen LogP contribution in [0.3, 0.4) is 0 Å². The summed E-state index contributed by atoms with van der Waals surface area (Å²) in [6, 6.07) is 19.5. The van der Waals surface area contributed by atoms with E-state index in [0.717, 1.165) is 58.9 Å². The molecule has 0 radical (unpaired) electrons. The van der Waals surface area contributed by atoms with Gasteiger partial charge >= 0.3 is 0 Å². The second-order valence-electron chi connectivity index (χ2n) is 8.26. The van der Waals surface area contributed by atoms with Crippen LogP contribution in [0, 0.1) is 0 Å². The molecule has 1 fully saturated rings. The fourth-order valence-corrected chi connectivity index (χ4v) is 4.94. The second-order valence-corrected chi connectivity index (χ2v) is 9.21. The molecule has 0 spiro atoms. The van der Waals surface area contributed by atoms with E-state index in [0.29, 0.717) is 12.3 Å². The van der Waals surface area contributed by atoms with Gasteiger partial charge in [-0.3, -0.25) is 4.79 Å². The lowest BCUT2D eigenvalue weighted by Gasteiger charge is -2.24. The van der Waals surface area contributed by atoms with Crippen molar-refractivity contribution >= 4 is 33.1 Å². The fourth-order valence-electron chi connectivity index (χ4n) is 4.10. The van der Waals surface area contributed by atoms with Crippen molar-refractivity contribution in [3.8, 4) is 11.5 Å². The standard InChI is InChI=1S/C26H27N3O3S/c1-29-23-11-13-33-25(23)15-24(29)26(30)28-19-5-2-4-18(14-19)17-31-20-7-9-21(10-8-20)32-22-6-3-12-27-16-22/h2,4-5,7-11,13-15,22,27H,3,6,12,16-17H2,1H3,(H,28,30). The first-order valence-corrected chi connectivity index (χ1v) is 12.1. The molecule has 5 rings (SSSR count). The topological polar surface area (TPSA) is 64.5 Å². The maximum Gasteiger partial charge on any atom is 0.272 e. The van der Waals surface area contributed by atoms with Gasteiger partial charge in [-0.2, -0.15) is 0 Å². The summed E-state index contributed by atoms with van der Waals surface area (Å²) in [4.78, 5) is 12.8. The first-order valence-electron chi connectivity index (χ1n) is 11.2. The summed E-state index contributed by atoms with van der Waals surface area (Å²) in [7, 11) is 1.91. The minimum absolute atomic E-state index is 0.122. The lowest BCUT2D eigenvalue weighted by molar-refractivity contribution is 0.101. The van der Waals surface area contributed by atoms with E-state index >= 15 is 0 Å². The number of ether oxygens (including phenoxy) is 2. The third kappa shape index (κ3) is 5.05. The van der Waals surface area contributed by atoms with Gasteiger partial charge in [0, 0.05) is 19.3 Å². The monoisotopic (exact) mass is 461 g/mol. The van der Waals surface area contributed by atoms with Gasteiger partial charge in [-0.15, -0.1) is 11.3 Å². The zero-order valence-corrected chi connectivity index (χ0v) is 19.4. The molecule has 0 saturated carbocycles. The highest BCUT2D eigenvalue weighted by Gasteiger charge is 2.15. The van der Waals surface area contributed by atoms with Gasteiger partial charge < -0.3 is 24.7 Å². The highest BCUT2D eigenvalue weighted by molar-refractivity contribution is 7.17. The molecule has 1 saturated heterocycles. The molecule has 0 bridgehead atoms. The molecular formula is C26H27N3O3S. The van der Waals surface area contributed by atoms with E-state index < -0.39 is 0 Å².